The average molecular weight is 760 g/mol. The molecule has 11 aromatic rings. The summed E-state index contributed by atoms with van der Waals surface area (Å²) in [6.45, 7) is 0. The van der Waals surface area contributed by atoms with Crippen LogP contribution in [-0.4, -0.2) is 0 Å². The third-order valence-corrected chi connectivity index (χ3v) is 11.0. The Hall–Kier alpha value is -8.02. The Labute approximate surface area is 341 Å². The van der Waals surface area contributed by atoms with Crippen LogP contribution in [0.1, 0.15) is 0 Å². The second kappa shape index (κ2) is 14.5. The summed E-state index contributed by atoms with van der Waals surface area (Å²) in [6.07, 6.45) is 0. The second-order valence-electron chi connectivity index (χ2n) is 14.6. The van der Waals surface area contributed by atoms with E-state index in [0.29, 0.717) is 0 Å². The van der Waals surface area contributed by atoms with Crippen LogP contribution in [0.4, 0.5) is 51.2 Å². The largest absolute Gasteiger partial charge is 0.456 e. The van der Waals surface area contributed by atoms with Gasteiger partial charge < -0.3 is 23.5 Å². The molecule has 0 aliphatic carbocycles. The van der Waals surface area contributed by atoms with Crippen molar-refractivity contribution in [2.24, 2.45) is 0 Å². The van der Waals surface area contributed by atoms with E-state index in [2.05, 4.69) is 215 Å². The van der Waals surface area contributed by atoms with Crippen molar-refractivity contribution in [3.63, 3.8) is 0 Å². The van der Waals surface area contributed by atoms with Gasteiger partial charge in [-0.25, -0.2) is 0 Å². The predicted molar refractivity (Wildman–Crippen MR) is 245 cm³/mol. The topological polar surface area (TPSA) is 36.0 Å². The van der Waals surface area contributed by atoms with E-state index in [4.69, 9.17) is 8.83 Å². The molecule has 2 heterocycles. The van der Waals surface area contributed by atoms with Gasteiger partial charge in [0, 0.05) is 55.7 Å². The van der Waals surface area contributed by atoms with Crippen LogP contribution >= 0.6 is 0 Å². The van der Waals surface area contributed by atoms with Crippen molar-refractivity contribution in [1.29, 1.82) is 0 Å². The van der Waals surface area contributed by atoms with Crippen LogP contribution in [0, 0.1) is 0 Å². The molecule has 9 aromatic carbocycles. The Bertz CT molecular complexity index is 2940. The number of anilines is 9. The van der Waals surface area contributed by atoms with Gasteiger partial charge in [-0.2, -0.15) is 0 Å². The van der Waals surface area contributed by atoms with Crippen molar-refractivity contribution in [3.8, 4) is 0 Å². The predicted octanol–water partition coefficient (Wildman–Crippen LogP) is 15.9. The lowest BCUT2D eigenvalue weighted by atomic mass is 10.1. The second-order valence-corrected chi connectivity index (χ2v) is 14.6. The van der Waals surface area contributed by atoms with Crippen molar-refractivity contribution in [2.75, 3.05) is 14.7 Å². The molecule has 0 spiro atoms. The molecule has 0 N–H and O–H groups in total. The molecule has 280 valence electrons. The van der Waals surface area contributed by atoms with E-state index in [1.165, 1.54) is 0 Å². The molecule has 0 unspecified atom stereocenters. The molecule has 11 rings (SSSR count). The van der Waals surface area contributed by atoms with Crippen LogP contribution in [0.5, 0.6) is 0 Å². The lowest BCUT2D eigenvalue weighted by molar-refractivity contribution is 0.668. The van der Waals surface area contributed by atoms with Crippen LogP contribution in [0.15, 0.2) is 233 Å². The van der Waals surface area contributed by atoms with Crippen LogP contribution in [-0.2, 0) is 0 Å². The monoisotopic (exact) mass is 759 g/mol. The average Bonchev–Trinajstić information content (AvgIpc) is 3.86. The van der Waals surface area contributed by atoms with Gasteiger partial charge in [-0.1, -0.05) is 109 Å². The van der Waals surface area contributed by atoms with Crippen LogP contribution in [0.3, 0.4) is 0 Å². The number of hydrogen-bond acceptors (Lipinski definition) is 5. The van der Waals surface area contributed by atoms with E-state index >= 15 is 0 Å². The Balaban J connectivity index is 1.22. The first-order valence-electron chi connectivity index (χ1n) is 19.8. The summed E-state index contributed by atoms with van der Waals surface area (Å²) in [5.74, 6) is 0. The third-order valence-electron chi connectivity index (χ3n) is 11.0. The van der Waals surface area contributed by atoms with Gasteiger partial charge in [0.15, 0.2) is 0 Å². The standard InChI is InChI=1S/C54H37N3O2/c1-5-17-38(18-6-1)55(39-19-7-2-8-20-39)44-33-45(56(40-21-9-3-10-22-40)41-23-11-4-12-24-41)35-46(34-44)57(42-29-31-53-49(36-42)47-25-13-15-27-51(47)58-53)43-30-32-54-50(37-43)48-26-14-16-28-52(48)59-54/h1-37H. The Morgan fingerprint density at radius 3 is 0.847 bits per heavy atom. The highest BCUT2D eigenvalue weighted by atomic mass is 16.3. The molecule has 2 aromatic heterocycles. The van der Waals surface area contributed by atoms with Crippen molar-refractivity contribution in [2.45, 2.75) is 0 Å². The normalized spacial score (nSPS) is 11.4. The molecule has 5 nitrogen and oxygen atoms in total. The summed E-state index contributed by atoms with van der Waals surface area (Å²) >= 11 is 0. The molecule has 0 aliphatic rings. The molecule has 0 radical (unpaired) electrons. The number of hydrogen-bond donors (Lipinski definition) is 0. The van der Waals surface area contributed by atoms with Crippen molar-refractivity contribution in [3.05, 3.63) is 224 Å². The highest BCUT2D eigenvalue weighted by molar-refractivity contribution is 6.08. The van der Waals surface area contributed by atoms with Crippen LogP contribution in [0.25, 0.3) is 43.9 Å². The summed E-state index contributed by atoms with van der Waals surface area (Å²) in [7, 11) is 0. The summed E-state index contributed by atoms with van der Waals surface area (Å²) in [5, 5.41) is 4.27. The van der Waals surface area contributed by atoms with Gasteiger partial charge in [0.05, 0.1) is 17.1 Å². The number of benzene rings is 9. The van der Waals surface area contributed by atoms with Gasteiger partial charge in [-0.3, -0.25) is 0 Å². The van der Waals surface area contributed by atoms with Crippen molar-refractivity contribution < 1.29 is 8.83 Å². The van der Waals surface area contributed by atoms with E-state index in [1.807, 2.05) is 24.3 Å². The van der Waals surface area contributed by atoms with E-state index in [1.54, 1.807) is 0 Å². The third kappa shape index (κ3) is 6.22. The summed E-state index contributed by atoms with van der Waals surface area (Å²) in [4.78, 5) is 7.02. The summed E-state index contributed by atoms with van der Waals surface area (Å²) in [6, 6.07) is 78.7. The maximum atomic E-state index is 6.35. The Morgan fingerprint density at radius 1 is 0.203 bits per heavy atom. The van der Waals surface area contributed by atoms with E-state index in [-0.39, 0.29) is 0 Å². The molecular formula is C54H37N3O2. The van der Waals surface area contributed by atoms with Gasteiger partial charge in [0.2, 0.25) is 0 Å². The lowest BCUT2D eigenvalue weighted by Crippen LogP contribution is -2.16. The minimum atomic E-state index is 0.847. The van der Waals surface area contributed by atoms with E-state index < -0.39 is 0 Å². The first-order chi connectivity index (χ1) is 29.2. The van der Waals surface area contributed by atoms with Gasteiger partial charge in [-0.15, -0.1) is 0 Å². The molecule has 59 heavy (non-hydrogen) atoms. The lowest BCUT2D eigenvalue weighted by Gasteiger charge is -2.33. The van der Waals surface area contributed by atoms with Crippen LogP contribution < -0.4 is 14.7 Å². The SMILES string of the molecule is c1ccc(N(c2ccccc2)c2cc(N(c3ccccc3)c3ccccc3)cc(N(c3ccc4oc5ccccc5c4c3)c3ccc4oc5ccccc5c4c3)c2)cc1. The fraction of sp³-hybridized carbons (Fsp3) is 0. The van der Waals surface area contributed by atoms with Gasteiger partial charge in [-0.05, 0) is 115 Å². The first kappa shape index (κ1) is 34.2. The van der Waals surface area contributed by atoms with Gasteiger partial charge >= 0.3 is 0 Å². The molecule has 0 fully saturated rings. The number of fused-ring (bicyclic) bond motifs is 6. The number of para-hydroxylation sites is 6. The fourth-order valence-electron chi connectivity index (χ4n) is 8.32. The van der Waals surface area contributed by atoms with Crippen molar-refractivity contribution >= 4 is 95.1 Å². The highest BCUT2D eigenvalue weighted by Gasteiger charge is 2.23. The Kier molecular flexibility index (Phi) is 8.41. The highest BCUT2D eigenvalue weighted by Crippen LogP contribution is 2.47. The van der Waals surface area contributed by atoms with E-state index in [9.17, 15) is 0 Å². The molecule has 0 saturated carbocycles. The minimum Gasteiger partial charge on any atom is -0.456 e. The van der Waals surface area contributed by atoms with Gasteiger partial charge in [0.1, 0.15) is 22.3 Å². The van der Waals surface area contributed by atoms with Crippen molar-refractivity contribution in [1.82, 2.24) is 0 Å². The number of furan rings is 2. The maximum Gasteiger partial charge on any atom is 0.135 e. The quantitative estimate of drug-likeness (QED) is 0.146. The van der Waals surface area contributed by atoms with Gasteiger partial charge in [0.25, 0.3) is 0 Å². The molecular weight excluding hydrogens is 723 g/mol. The molecule has 0 bridgehead atoms. The zero-order valence-corrected chi connectivity index (χ0v) is 32.0. The van der Waals surface area contributed by atoms with E-state index in [0.717, 1.165) is 95.1 Å². The van der Waals surface area contributed by atoms with Crippen LogP contribution in [0.2, 0.25) is 0 Å². The molecule has 0 aliphatic heterocycles. The number of rotatable bonds is 9. The fourth-order valence-corrected chi connectivity index (χ4v) is 8.32. The summed E-state index contributed by atoms with van der Waals surface area (Å²) in [5.41, 5.74) is 12.6. The maximum absolute atomic E-state index is 6.35. The zero-order valence-electron chi connectivity index (χ0n) is 32.0. The Morgan fingerprint density at radius 2 is 0.492 bits per heavy atom. The number of nitrogens with zero attached hydrogens (tertiary/aromatic N) is 3. The first-order valence-corrected chi connectivity index (χ1v) is 19.8. The summed E-state index contributed by atoms with van der Waals surface area (Å²) < 4.78 is 12.7. The minimum absolute atomic E-state index is 0.847. The molecule has 0 saturated heterocycles. The molecule has 5 heteroatoms. The zero-order chi connectivity index (χ0) is 39.1. The molecule has 0 atom stereocenters. The smallest absolute Gasteiger partial charge is 0.135 e. The molecule has 0 amide bonds.